The fourth-order valence-corrected chi connectivity index (χ4v) is 2.07. The first kappa shape index (κ1) is 13.9. The zero-order valence-corrected chi connectivity index (χ0v) is 11.9. The molecule has 0 fully saturated rings. The predicted molar refractivity (Wildman–Crippen MR) is 75.2 cm³/mol. The van der Waals surface area contributed by atoms with Crippen LogP contribution >= 0.6 is 11.8 Å². The number of benzene rings is 1. The molecule has 0 bridgehead atoms. The molecule has 1 heterocycles. The van der Waals surface area contributed by atoms with Crippen molar-refractivity contribution in [3.63, 3.8) is 0 Å². The summed E-state index contributed by atoms with van der Waals surface area (Å²) in [5, 5.41) is 3.91. The molecule has 0 unspecified atom stereocenters. The van der Waals surface area contributed by atoms with Gasteiger partial charge in [-0.2, -0.15) is 4.98 Å². The molecule has 1 aromatic heterocycles. The maximum Gasteiger partial charge on any atom is 0.258 e. The molecule has 19 heavy (non-hydrogen) atoms. The first-order valence-corrected chi connectivity index (χ1v) is 6.86. The third-order valence-corrected chi connectivity index (χ3v) is 3.61. The van der Waals surface area contributed by atoms with E-state index in [0.29, 0.717) is 23.0 Å². The Bertz CT molecular complexity index is 578. The molecule has 0 saturated carbocycles. The number of rotatable bonds is 3. The topological polar surface area (TPSA) is 64.9 Å². The second-order valence-electron chi connectivity index (χ2n) is 5.15. The zero-order chi connectivity index (χ0) is 14.0. The minimum atomic E-state index is -0.452. The minimum Gasteiger partial charge on any atom is -0.396 e. The predicted octanol–water partition coefficient (Wildman–Crippen LogP) is 3.49. The van der Waals surface area contributed by atoms with E-state index in [1.54, 1.807) is 17.8 Å². The van der Waals surface area contributed by atoms with Crippen LogP contribution in [-0.4, -0.2) is 14.9 Å². The summed E-state index contributed by atoms with van der Waals surface area (Å²) in [5.41, 5.74) is 6.21. The van der Waals surface area contributed by atoms with Crippen molar-refractivity contribution >= 4 is 17.4 Å². The highest BCUT2D eigenvalue weighted by Gasteiger charge is 2.15. The molecule has 6 heteroatoms. The summed E-state index contributed by atoms with van der Waals surface area (Å²) in [6.07, 6.45) is 0. The van der Waals surface area contributed by atoms with Gasteiger partial charge in [0.1, 0.15) is 5.82 Å². The normalized spacial score (nSPS) is 11.8. The molecule has 0 aliphatic heterocycles. The molecule has 2 aromatic rings. The van der Waals surface area contributed by atoms with E-state index in [9.17, 15) is 4.39 Å². The summed E-state index contributed by atoms with van der Waals surface area (Å²) in [6, 6.07) is 4.35. The van der Waals surface area contributed by atoms with Crippen molar-refractivity contribution < 1.29 is 8.91 Å². The van der Waals surface area contributed by atoms with Crippen LogP contribution in [0.2, 0.25) is 0 Å². The molecule has 0 aliphatic rings. The highest BCUT2D eigenvalue weighted by Crippen LogP contribution is 2.27. The number of thioether (sulfide) groups is 1. The Kier molecular flexibility index (Phi) is 3.80. The average molecular weight is 281 g/mol. The average Bonchev–Trinajstić information content (AvgIpc) is 2.78. The molecule has 2 N–H and O–H groups in total. The summed E-state index contributed by atoms with van der Waals surface area (Å²) >= 11 is 1.73. The van der Waals surface area contributed by atoms with Gasteiger partial charge in [-0.25, -0.2) is 4.39 Å². The van der Waals surface area contributed by atoms with Gasteiger partial charge >= 0.3 is 0 Å². The molecule has 0 aliphatic carbocycles. The second-order valence-corrected chi connectivity index (χ2v) is 6.96. The van der Waals surface area contributed by atoms with E-state index in [0.717, 1.165) is 0 Å². The maximum absolute atomic E-state index is 13.1. The molecule has 4 nitrogen and oxygen atoms in total. The Morgan fingerprint density at radius 3 is 2.74 bits per heavy atom. The number of hydrogen-bond acceptors (Lipinski definition) is 5. The molecular formula is C13H16FN3OS. The van der Waals surface area contributed by atoms with E-state index in [1.165, 1.54) is 12.1 Å². The number of nitrogens with two attached hydrogens (primary N) is 1. The monoisotopic (exact) mass is 281 g/mol. The van der Waals surface area contributed by atoms with Gasteiger partial charge in [-0.3, -0.25) is 0 Å². The Morgan fingerprint density at radius 2 is 2.11 bits per heavy atom. The Balaban J connectivity index is 2.14. The first-order valence-electron chi connectivity index (χ1n) is 5.87. The summed E-state index contributed by atoms with van der Waals surface area (Å²) in [4.78, 5) is 4.28. The van der Waals surface area contributed by atoms with Crippen LogP contribution in [0.25, 0.3) is 11.5 Å². The number of halogens is 1. The standard InChI is InChI=1S/C13H16FN3OS/c1-13(2,3)19-7-11-16-12(18-17-11)8-4-5-9(14)10(15)6-8/h4-6H,7,15H2,1-3H3. The highest BCUT2D eigenvalue weighted by molar-refractivity contribution is 7.99. The van der Waals surface area contributed by atoms with Gasteiger partial charge in [0.25, 0.3) is 5.89 Å². The van der Waals surface area contributed by atoms with Crippen LogP contribution in [0, 0.1) is 5.82 Å². The molecule has 102 valence electrons. The smallest absolute Gasteiger partial charge is 0.258 e. The number of aromatic nitrogens is 2. The summed E-state index contributed by atoms with van der Waals surface area (Å²) in [7, 11) is 0. The molecule has 0 atom stereocenters. The van der Waals surface area contributed by atoms with Crippen LogP contribution in [0.4, 0.5) is 10.1 Å². The molecule has 0 radical (unpaired) electrons. The van der Waals surface area contributed by atoms with Gasteiger partial charge in [0.2, 0.25) is 0 Å². The van der Waals surface area contributed by atoms with Gasteiger partial charge in [0.15, 0.2) is 5.82 Å². The molecule has 0 spiro atoms. The fourth-order valence-electron chi connectivity index (χ4n) is 1.39. The van der Waals surface area contributed by atoms with Crippen molar-refractivity contribution in [2.24, 2.45) is 0 Å². The maximum atomic E-state index is 13.1. The quantitative estimate of drug-likeness (QED) is 0.872. The molecule has 1 aromatic carbocycles. The van der Waals surface area contributed by atoms with Gasteiger partial charge in [-0.05, 0) is 18.2 Å². The van der Waals surface area contributed by atoms with Crippen LogP contribution in [0.3, 0.4) is 0 Å². The molecular weight excluding hydrogens is 265 g/mol. The van der Waals surface area contributed by atoms with E-state index in [4.69, 9.17) is 10.3 Å². The van der Waals surface area contributed by atoms with Gasteiger partial charge in [0.05, 0.1) is 11.4 Å². The number of hydrogen-bond donors (Lipinski definition) is 1. The lowest BCUT2D eigenvalue weighted by Gasteiger charge is -2.15. The Morgan fingerprint density at radius 1 is 1.37 bits per heavy atom. The van der Waals surface area contributed by atoms with Crippen LogP contribution < -0.4 is 5.73 Å². The van der Waals surface area contributed by atoms with E-state index < -0.39 is 5.82 Å². The third kappa shape index (κ3) is 3.70. The summed E-state index contributed by atoms with van der Waals surface area (Å²) in [6.45, 7) is 6.37. The zero-order valence-electron chi connectivity index (χ0n) is 11.1. The number of nitrogens with zero attached hydrogens (tertiary/aromatic N) is 2. The Hall–Kier alpha value is -1.56. The van der Waals surface area contributed by atoms with E-state index in [2.05, 4.69) is 30.9 Å². The summed E-state index contributed by atoms with van der Waals surface area (Å²) < 4.78 is 18.4. The minimum absolute atomic E-state index is 0.0707. The van der Waals surface area contributed by atoms with Gasteiger partial charge in [-0.1, -0.05) is 25.9 Å². The SMILES string of the molecule is CC(C)(C)SCc1noc(-c2ccc(F)c(N)c2)n1. The first-order chi connectivity index (χ1) is 8.85. The van der Waals surface area contributed by atoms with Crippen molar-refractivity contribution in [1.82, 2.24) is 10.1 Å². The van der Waals surface area contributed by atoms with Gasteiger partial charge in [-0.15, -0.1) is 11.8 Å². The fraction of sp³-hybridized carbons (Fsp3) is 0.385. The Labute approximate surface area is 115 Å². The highest BCUT2D eigenvalue weighted by atomic mass is 32.2. The number of anilines is 1. The van der Waals surface area contributed by atoms with Gasteiger partial charge < -0.3 is 10.3 Å². The molecule has 0 saturated heterocycles. The molecule has 2 rings (SSSR count). The summed E-state index contributed by atoms with van der Waals surface area (Å²) in [5.74, 6) is 1.20. The largest absolute Gasteiger partial charge is 0.396 e. The van der Waals surface area contributed by atoms with Crippen LogP contribution in [0.15, 0.2) is 22.7 Å². The van der Waals surface area contributed by atoms with Crippen molar-refractivity contribution in [1.29, 1.82) is 0 Å². The lowest BCUT2D eigenvalue weighted by Crippen LogP contribution is -2.07. The van der Waals surface area contributed by atoms with E-state index >= 15 is 0 Å². The number of nitrogen functional groups attached to an aromatic ring is 1. The van der Waals surface area contributed by atoms with Crippen molar-refractivity contribution in [2.75, 3.05) is 5.73 Å². The van der Waals surface area contributed by atoms with Crippen LogP contribution in [0.1, 0.15) is 26.6 Å². The lowest BCUT2D eigenvalue weighted by molar-refractivity contribution is 0.425. The van der Waals surface area contributed by atoms with Crippen molar-refractivity contribution in [3.05, 3.63) is 29.8 Å². The van der Waals surface area contributed by atoms with E-state index in [1.807, 2.05) is 0 Å². The van der Waals surface area contributed by atoms with E-state index in [-0.39, 0.29) is 10.4 Å². The second kappa shape index (κ2) is 5.21. The van der Waals surface area contributed by atoms with Crippen LogP contribution in [-0.2, 0) is 5.75 Å². The van der Waals surface area contributed by atoms with Crippen molar-refractivity contribution in [3.8, 4) is 11.5 Å². The molecule has 0 amide bonds. The third-order valence-electron chi connectivity index (χ3n) is 2.35. The lowest BCUT2D eigenvalue weighted by atomic mass is 10.2. The van der Waals surface area contributed by atoms with Crippen molar-refractivity contribution in [2.45, 2.75) is 31.3 Å². The van der Waals surface area contributed by atoms with Gasteiger partial charge in [0, 0.05) is 10.3 Å². The van der Waals surface area contributed by atoms with Crippen LogP contribution in [0.5, 0.6) is 0 Å².